The van der Waals surface area contributed by atoms with Gasteiger partial charge in [-0.2, -0.15) is 4.67 Å². The third kappa shape index (κ3) is 2.02. The van der Waals surface area contributed by atoms with E-state index in [0.29, 0.717) is 0 Å². The van der Waals surface area contributed by atoms with Gasteiger partial charge < -0.3 is 9.79 Å². The van der Waals surface area contributed by atoms with Gasteiger partial charge in [-0.1, -0.05) is 60.7 Å². The first-order valence-corrected chi connectivity index (χ1v) is 7.98. The fourth-order valence-electron chi connectivity index (χ4n) is 2.96. The summed E-state index contributed by atoms with van der Waals surface area (Å²) in [5, 5.41) is 0. The Morgan fingerprint density at radius 2 is 1.50 bits per heavy atom. The molecule has 0 aliphatic carbocycles. The Bertz CT molecular complexity index is 655. The SMILES string of the molecule is CC1(c2ccccc2)C(c2ccccc2)[N@]1P(=O)(O)O. The molecule has 0 aromatic heterocycles. The summed E-state index contributed by atoms with van der Waals surface area (Å²) in [5.74, 6) is 0. The number of rotatable bonds is 3. The van der Waals surface area contributed by atoms with Crippen LogP contribution in [0.5, 0.6) is 0 Å². The molecule has 104 valence electrons. The Morgan fingerprint density at radius 3 is 2.00 bits per heavy atom. The maximum atomic E-state index is 11.8. The minimum Gasteiger partial charge on any atom is -0.312 e. The Balaban J connectivity index is 2.08. The molecular weight excluding hydrogens is 273 g/mol. The van der Waals surface area contributed by atoms with Crippen molar-refractivity contribution in [2.24, 2.45) is 0 Å². The van der Waals surface area contributed by atoms with Crippen LogP contribution in [-0.2, 0) is 10.1 Å². The standard InChI is InChI=1S/C15H16NO3P/c1-15(13-10-6-3-7-11-13)14(16(15)20(17,18)19)12-8-4-2-5-9-12/h2-11,14H,1H3,(H2,17,18,19)/t14?,15?,16-/m0/s1. The van der Waals surface area contributed by atoms with Gasteiger partial charge in [0.1, 0.15) is 0 Å². The molecule has 3 rings (SSSR count). The normalized spacial score (nSPS) is 29.1. The van der Waals surface area contributed by atoms with Crippen molar-refractivity contribution in [3.8, 4) is 0 Å². The number of benzene rings is 2. The van der Waals surface area contributed by atoms with Crippen LogP contribution in [0.15, 0.2) is 60.7 Å². The first-order chi connectivity index (χ1) is 9.45. The van der Waals surface area contributed by atoms with E-state index in [0.717, 1.165) is 11.1 Å². The van der Waals surface area contributed by atoms with Crippen LogP contribution in [0.4, 0.5) is 0 Å². The van der Waals surface area contributed by atoms with E-state index < -0.39 is 13.3 Å². The minimum absolute atomic E-state index is 0.299. The first kappa shape index (κ1) is 13.5. The lowest BCUT2D eigenvalue weighted by Gasteiger charge is -2.13. The summed E-state index contributed by atoms with van der Waals surface area (Å²) in [7, 11) is -4.30. The lowest BCUT2D eigenvalue weighted by Crippen LogP contribution is -2.10. The van der Waals surface area contributed by atoms with E-state index in [9.17, 15) is 14.4 Å². The molecule has 0 amide bonds. The van der Waals surface area contributed by atoms with E-state index >= 15 is 0 Å². The van der Waals surface area contributed by atoms with E-state index in [-0.39, 0.29) is 6.04 Å². The average molecular weight is 289 g/mol. The number of nitrogens with zero attached hydrogens (tertiary/aromatic N) is 1. The van der Waals surface area contributed by atoms with Crippen LogP contribution in [0.2, 0.25) is 0 Å². The van der Waals surface area contributed by atoms with E-state index in [1.807, 2.05) is 67.6 Å². The fraction of sp³-hybridized carbons (Fsp3) is 0.200. The van der Waals surface area contributed by atoms with E-state index in [1.165, 1.54) is 4.67 Å². The van der Waals surface area contributed by atoms with Gasteiger partial charge in [-0.3, -0.25) is 0 Å². The van der Waals surface area contributed by atoms with Crippen molar-refractivity contribution in [3.63, 3.8) is 0 Å². The first-order valence-electron chi connectivity index (χ1n) is 6.41. The second-order valence-electron chi connectivity index (χ2n) is 5.18. The molecule has 3 atom stereocenters. The molecule has 2 N–H and O–H groups in total. The minimum atomic E-state index is -4.30. The van der Waals surface area contributed by atoms with E-state index in [1.54, 1.807) is 0 Å². The maximum absolute atomic E-state index is 11.8. The summed E-state index contributed by atoms with van der Waals surface area (Å²) in [4.78, 5) is 19.2. The molecule has 0 bridgehead atoms. The van der Waals surface area contributed by atoms with Gasteiger partial charge in [0.2, 0.25) is 0 Å². The molecule has 5 heteroatoms. The topological polar surface area (TPSA) is 60.5 Å². The predicted octanol–water partition coefficient (Wildman–Crippen LogP) is 3.05. The quantitative estimate of drug-likeness (QED) is 0.673. The molecule has 1 saturated heterocycles. The smallest absolute Gasteiger partial charge is 0.312 e. The Kier molecular flexibility index (Phi) is 3.07. The second kappa shape index (κ2) is 4.54. The van der Waals surface area contributed by atoms with Gasteiger partial charge in [0.05, 0.1) is 11.6 Å². The van der Waals surface area contributed by atoms with Gasteiger partial charge in [0.25, 0.3) is 0 Å². The molecule has 0 saturated carbocycles. The van der Waals surface area contributed by atoms with Crippen molar-refractivity contribution < 1.29 is 14.4 Å². The van der Waals surface area contributed by atoms with Crippen LogP contribution >= 0.6 is 7.75 Å². The molecule has 1 heterocycles. The summed E-state index contributed by atoms with van der Waals surface area (Å²) >= 11 is 0. The van der Waals surface area contributed by atoms with E-state index in [4.69, 9.17) is 0 Å². The van der Waals surface area contributed by atoms with Gasteiger partial charge >= 0.3 is 7.75 Å². The Morgan fingerprint density at radius 1 is 1.00 bits per heavy atom. The van der Waals surface area contributed by atoms with Gasteiger partial charge in [-0.05, 0) is 18.1 Å². The Labute approximate surface area is 117 Å². The zero-order valence-corrected chi connectivity index (χ0v) is 11.9. The average Bonchev–Trinajstić information content (AvgIpc) is 3.09. The van der Waals surface area contributed by atoms with Gasteiger partial charge in [-0.25, -0.2) is 4.57 Å². The summed E-state index contributed by atoms with van der Waals surface area (Å²) in [6, 6.07) is 18.7. The molecule has 1 aliphatic rings. The Hall–Kier alpha value is -1.45. The van der Waals surface area contributed by atoms with Crippen molar-refractivity contribution in [2.45, 2.75) is 18.5 Å². The highest BCUT2D eigenvalue weighted by Gasteiger charge is 2.67. The summed E-state index contributed by atoms with van der Waals surface area (Å²) in [6.07, 6.45) is 0. The van der Waals surface area contributed by atoms with Crippen LogP contribution < -0.4 is 0 Å². The number of hydrogen-bond acceptors (Lipinski definition) is 1. The van der Waals surface area contributed by atoms with Gasteiger partial charge in [0, 0.05) is 0 Å². The van der Waals surface area contributed by atoms with Crippen molar-refractivity contribution in [2.75, 3.05) is 0 Å². The maximum Gasteiger partial charge on any atom is 0.404 e. The molecule has 0 spiro atoms. The summed E-state index contributed by atoms with van der Waals surface area (Å²) < 4.78 is 13.1. The van der Waals surface area contributed by atoms with Crippen LogP contribution in [-0.4, -0.2) is 14.5 Å². The zero-order chi connectivity index (χ0) is 14.4. The molecule has 2 aromatic carbocycles. The van der Waals surface area contributed by atoms with Crippen LogP contribution in [0.25, 0.3) is 0 Å². The lowest BCUT2D eigenvalue weighted by atomic mass is 9.93. The van der Waals surface area contributed by atoms with Crippen molar-refractivity contribution in [3.05, 3.63) is 71.8 Å². The predicted molar refractivity (Wildman–Crippen MR) is 76.9 cm³/mol. The molecule has 20 heavy (non-hydrogen) atoms. The highest BCUT2D eigenvalue weighted by molar-refractivity contribution is 7.49. The lowest BCUT2D eigenvalue weighted by molar-refractivity contribution is 0.317. The molecular formula is C15H16NO3P. The molecule has 1 fully saturated rings. The number of hydrogen-bond donors (Lipinski definition) is 2. The van der Waals surface area contributed by atoms with Crippen molar-refractivity contribution in [1.82, 2.24) is 4.67 Å². The summed E-state index contributed by atoms with van der Waals surface area (Å²) in [5.41, 5.74) is 1.17. The van der Waals surface area contributed by atoms with Gasteiger partial charge in [-0.15, -0.1) is 0 Å². The summed E-state index contributed by atoms with van der Waals surface area (Å²) in [6.45, 7) is 1.87. The molecule has 2 aromatic rings. The van der Waals surface area contributed by atoms with Crippen LogP contribution in [0.3, 0.4) is 0 Å². The third-order valence-corrected chi connectivity index (χ3v) is 5.15. The molecule has 2 unspecified atom stereocenters. The molecule has 1 aliphatic heterocycles. The van der Waals surface area contributed by atoms with Crippen molar-refractivity contribution >= 4 is 7.75 Å². The molecule has 0 radical (unpaired) electrons. The van der Waals surface area contributed by atoms with Gasteiger partial charge in [0.15, 0.2) is 0 Å². The van der Waals surface area contributed by atoms with E-state index in [2.05, 4.69) is 0 Å². The fourth-order valence-corrected chi connectivity index (χ4v) is 4.33. The zero-order valence-electron chi connectivity index (χ0n) is 11.0. The van der Waals surface area contributed by atoms with Crippen LogP contribution in [0, 0.1) is 0 Å². The second-order valence-corrected chi connectivity index (χ2v) is 6.64. The monoisotopic (exact) mass is 289 g/mol. The highest BCUT2D eigenvalue weighted by Crippen LogP contribution is 2.71. The molecule has 4 nitrogen and oxygen atoms in total. The highest BCUT2D eigenvalue weighted by atomic mass is 31.2. The third-order valence-electron chi connectivity index (χ3n) is 3.94. The largest absolute Gasteiger partial charge is 0.404 e. The van der Waals surface area contributed by atoms with Crippen LogP contribution in [0.1, 0.15) is 24.1 Å². The van der Waals surface area contributed by atoms with Crippen molar-refractivity contribution in [1.29, 1.82) is 0 Å².